The number of benzene rings is 2. The van der Waals surface area contributed by atoms with Crippen LogP contribution in [0.3, 0.4) is 0 Å². The first kappa shape index (κ1) is 21.0. The van der Waals surface area contributed by atoms with Crippen molar-refractivity contribution in [2.24, 2.45) is 5.73 Å². The fraction of sp³-hybridized carbons (Fsp3) is 0.286. The van der Waals surface area contributed by atoms with Crippen molar-refractivity contribution < 1.29 is 14.4 Å². The van der Waals surface area contributed by atoms with Gasteiger partial charge in [0.1, 0.15) is 6.04 Å². The van der Waals surface area contributed by atoms with Crippen molar-refractivity contribution in [2.45, 2.75) is 26.8 Å². The second-order valence-corrected chi connectivity index (χ2v) is 6.35. The molecular formula is C21H26N4O3. The van der Waals surface area contributed by atoms with E-state index in [0.717, 1.165) is 5.69 Å². The largest absolute Gasteiger partial charge is 0.374 e. The van der Waals surface area contributed by atoms with Crippen LogP contribution in [0.15, 0.2) is 48.5 Å². The number of carbonyl (C=O) groups excluding carboxylic acids is 3. The molecule has 7 heteroatoms. The zero-order valence-corrected chi connectivity index (χ0v) is 16.4. The lowest BCUT2D eigenvalue weighted by molar-refractivity contribution is -0.116. The van der Waals surface area contributed by atoms with Crippen LogP contribution in [-0.2, 0) is 4.79 Å². The van der Waals surface area contributed by atoms with Gasteiger partial charge in [-0.2, -0.15) is 0 Å². The number of anilines is 2. The quantitative estimate of drug-likeness (QED) is 0.653. The van der Waals surface area contributed by atoms with Crippen molar-refractivity contribution in [3.05, 3.63) is 59.7 Å². The van der Waals surface area contributed by atoms with Gasteiger partial charge in [-0.25, -0.2) is 0 Å². The van der Waals surface area contributed by atoms with Crippen LogP contribution in [-0.4, -0.2) is 41.8 Å². The average Bonchev–Trinajstić information content (AvgIpc) is 2.69. The maximum Gasteiger partial charge on any atom is 0.253 e. The maximum absolute atomic E-state index is 12.4. The van der Waals surface area contributed by atoms with E-state index in [4.69, 9.17) is 5.73 Å². The number of primary amides is 1. The highest BCUT2D eigenvalue weighted by Crippen LogP contribution is 2.14. The van der Waals surface area contributed by atoms with E-state index in [9.17, 15) is 14.4 Å². The topological polar surface area (TPSA) is 105 Å². The second-order valence-electron chi connectivity index (χ2n) is 6.35. The van der Waals surface area contributed by atoms with E-state index >= 15 is 0 Å². The highest BCUT2D eigenvalue weighted by molar-refractivity contribution is 5.98. The van der Waals surface area contributed by atoms with Gasteiger partial charge in [0.05, 0.1) is 0 Å². The third-order valence-electron chi connectivity index (χ3n) is 4.40. The van der Waals surface area contributed by atoms with Crippen LogP contribution < -0.4 is 16.4 Å². The Hall–Kier alpha value is -3.35. The summed E-state index contributed by atoms with van der Waals surface area (Å²) in [6, 6.07) is 12.9. The van der Waals surface area contributed by atoms with Crippen molar-refractivity contribution in [1.82, 2.24) is 4.90 Å². The van der Waals surface area contributed by atoms with Crippen LogP contribution in [0.4, 0.5) is 11.4 Å². The maximum atomic E-state index is 12.4. The molecule has 1 atom stereocenters. The zero-order chi connectivity index (χ0) is 20.7. The van der Waals surface area contributed by atoms with Crippen molar-refractivity contribution >= 4 is 29.1 Å². The molecule has 148 valence electrons. The summed E-state index contributed by atoms with van der Waals surface area (Å²) in [5.41, 5.74) is 7.50. The monoisotopic (exact) mass is 382 g/mol. The molecule has 0 radical (unpaired) electrons. The Morgan fingerprint density at radius 3 is 1.89 bits per heavy atom. The van der Waals surface area contributed by atoms with Crippen molar-refractivity contribution in [3.8, 4) is 0 Å². The van der Waals surface area contributed by atoms with Crippen molar-refractivity contribution in [3.63, 3.8) is 0 Å². The molecule has 0 saturated heterocycles. The van der Waals surface area contributed by atoms with Gasteiger partial charge in [-0.05, 0) is 69.3 Å². The first-order chi connectivity index (χ1) is 13.3. The summed E-state index contributed by atoms with van der Waals surface area (Å²) in [7, 11) is 0. The summed E-state index contributed by atoms with van der Waals surface area (Å²) in [5.74, 6) is -0.757. The van der Waals surface area contributed by atoms with Crippen molar-refractivity contribution in [1.29, 1.82) is 0 Å². The number of hydrogen-bond acceptors (Lipinski definition) is 4. The zero-order valence-electron chi connectivity index (χ0n) is 16.4. The third-order valence-corrected chi connectivity index (χ3v) is 4.40. The van der Waals surface area contributed by atoms with Gasteiger partial charge in [-0.15, -0.1) is 0 Å². The predicted molar refractivity (Wildman–Crippen MR) is 110 cm³/mol. The highest BCUT2D eigenvalue weighted by Gasteiger charge is 2.15. The van der Waals surface area contributed by atoms with E-state index in [1.165, 1.54) is 0 Å². The Morgan fingerprint density at radius 2 is 1.39 bits per heavy atom. The minimum atomic E-state index is -0.518. The molecular weight excluding hydrogens is 356 g/mol. The number of rotatable bonds is 8. The SMILES string of the molecule is CCN(CC)C(=O)c1ccc(N[C@H](C)C(=O)Nc2ccc(C(N)=O)cc2)cc1. The van der Waals surface area contributed by atoms with Crippen molar-refractivity contribution in [2.75, 3.05) is 23.7 Å². The van der Waals surface area contributed by atoms with E-state index in [-0.39, 0.29) is 11.8 Å². The molecule has 0 unspecified atom stereocenters. The average molecular weight is 382 g/mol. The van der Waals surface area contributed by atoms with Gasteiger partial charge in [0, 0.05) is 35.6 Å². The highest BCUT2D eigenvalue weighted by atomic mass is 16.2. The van der Waals surface area contributed by atoms with E-state index in [2.05, 4.69) is 10.6 Å². The minimum absolute atomic E-state index is 0.0123. The standard InChI is InChI=1S/C21H26N4O3/c1-4-25(5-2)21(28)16-8-12-17(13-9-16)23-14(3)20(27)24-18-10-6-15(7-11-18)19(22)26/h6-14,23H,4-5H2,1-3H3,(H2,22,26)(H,24,27)/t14-/m1/s1. The molecule has 0 aromatic heterocycles. The first-order valence-electron chi connectivity index (χ1n) is 9.22. The molecule has 3 amide bonds. The molecule has 0 aliphatic rings. The van der Waals surface area contributed by atoms with E-state index in [1.807, 2.05) is 13.8 Å². The van der Waals surface area contributed by atoms with Crippen LogP contribution in [0.25, 0.3) is 0 Å². The normalized spacial score (nSPS) is 11.4. The Balaban J connectivity index is 1.96. The Kier molecular flexibility index (Phi) is 7.14. The Morgan fingerprint density at radius 1 is 0.893 bits per heavy atom. The first-order valence-corrected chi connectivity index (χ1v) is 9.22. The second kappa shape index (κ2) is 9.55. The van der Waals surface area contributed by atoms with Gasteiger partial charge < -0.3 is 21.3 Å². The molecule has 2 aromatic rings. The number of carbonyl (C=O) groups is 3. The predicted octanol–water partition coefficient (Wildman–Crippen LogP) is 2.71. The molecule has 0 spiro atoms. The summed E-state index contributed by atoms with van der Waals surface area (Å²) in [5, 5.41) is 5.88. The molecule has 0 heterocycles. The van der Waals surface area contributed by atoms with Gasteiger partial charge in [0.15, 0.2) is 0 Å². The number of amides is 3. The molecule has 2 aromatic carbocycles. The van der Waals surface area contributed by atoms with Gasteiger partial charge in [0.25, 0.3) is 5.91 Å². The van der Waals surface area contributed by atoms with E-state index < -0.39 is 11.9 Å². The summed E-state index contributed by atoms with van der Waals surface area (Å²) < 4.78 is 0. The van der Waals surface area contributed by atoms with E-state index in [1.54, 1.807) is 60.4 Å². The van der Waals surface area contributed by atoms with Gasteiger partial charge >= 0.3 is 0 Å². The van der Waals surface area contributed by atoms with Crippen LogP contribution in [0.2, 0.25) is 0 Å². The van der Waals surface area contributed by atoms with Gasteiger partial charge in [-0.1, -0.05) is 0 Å². The fourth-order valence-corrected chi connectivity index (χ4v) is 2.69. The molecule has 0 aliphatic heterocycles. The number of nitrogens with two attached hydrogens (primary N) is 1. The number of nitrogens with zero attached hydrogens (tertiary/aromatic N) is 1. The molecule has 4 N–H and O–H groups in total. The molecule has 0 fully saturated rings. The summed E-state index contributed by atoms with van der Waals surface area (Å²) in [6.45, 7) is 6.94. The minimum Gasteiger partial charge on any atom is -0.374 e. The summed E-state index contributed by atoms with van der Waals surface area (Å²) >= 11 is 0. The van der Waals surface area contributed by atoms with Gasteiger partial charge in [-0.3, -0.25) is 14.4 Å². The Bertz CT molecular complexity index is 828. The fourth-order valence-electron chi connectivity index (χ4n) is 2.69. The van der Waals surface area contributed by atoms with Crippen LogP contribution in [0, 0.1) is 0 Å². The van der Waals surface area contributed by atoms with E-state index in [0.29, 0.717) is 29.9 Å². The molecule has 28 heavy (non-hydrogen) atoms. The Labute approximate surface area is 164 Å². The lowest BCUT2D eigenvalue weighted by Gasteiger charge is -2.19. The summed E-state index contributed by atoms with van der Waals surface area (Å²) in [4.78, 5) is 37.5. The molecule has 7 nitrogen and oxygen atoms in total. The number of hydrogen-bond donors (Lipinski definition) is 3. The number of nitrogens with one attached hydrogen (secondary N) is 2. The van der Waals surface area contributed by atoms with Crippen LogP contribution >= 0.6 is 0 Å². The van der Waals surface area contributed by atoms with Gasteiger partial charge in [0.2, 0.25) is 11.8 Å². The smallest absolute Gasteiger partial charge is 0.253 e. The van der Waals surface area contributed by atoms with Crippen LogP contribution in [0.5, 0.6) is 0 Å². The third kappa shape index (κ3) is 5.33. The molecule has 0 bridgehead atoms. The molecule has 0 saturated carbocycles. The summed E-state index contributed by atoms with van der Waals surface area (Å²) in [6.07, 6.45) is 0. The van der Waals surface area contributed by atoms with Crippen LogP contribution in [0.1, 0.15) is 41.5 Å². The molecule has 0 aliphatic carbocycles. The lowest BCUT2D eigenvalue weighted by Crippen LogP contribution is -2.32. The molecule has 2 rings (SSSR count). The lowest BCUT2D eigenvalue weighted by atomic mass is 10.1.